The van der Waals surface area contributed by atoms with Crippen LogP contribution >= 0.6 is 11.6 Å². The number of aromatic nitrogens is 6. The number of hydrogen-bond donors (Lipinski definition) is 1. The summed E-state index contributed by atoms with van der Waals surface area (Å²) in [6, 6.07) is 10.0. The Morgan fingerprint density at radius 1 is 1.10 bits per heavy atom. The fraction of sp³-hybridized carbons (Fsp3) is 0.214. The zero-order valence-corrected chi connectivity index (χ0v) is 22.4. The summed E-state index contributed by atoms with van der Waals surface area (Å²) in [4.78, 5) is 34.1. The summed E-state index contributed by atoms with van der Waals surface area (Å²) in [5, 5.41) is 7.27. The molecule has 41 heavy (non-hydrogen) atoms. The molecule has 0 spiro atoms. The van der Waals surface area contributed by atoms with Crippen molar-refractivity contribution in [3.63, 3.8) is 0 Å². The smallest absolute Gasteiger partial charge is 0.246 e. The van der Waals surface area contributed by atoms with Crippen molar-refractivity contribution in [1.29, 1.82) is 0 Å². The first-order valence-corrected chi connectivity index (χ1v) is 13.4. The van der Waals surface area contributed by atoms with Crippen molar-refractivity contribution in [2.45, 2.75) is 24.9 Å². The molecular weight excluding hydrogens is 549 g/mol. The maximum Gasteiger partial charge on any atom is 0.246 e. The predicted octanol–water partition coefficient (Wildman–Crippen LogP) is 4.76. The summed E-state index contributed by atoms with van der Waals surface area (Å²) >= 11 is 6.49. The molecule has 2 atom stereocenters. The number of anilines is 3. The van der Waals surface area contributed by atoms with Crippen LogP contribution in [0.4, 0.5) is 21.7 Å². The molecule has 2 bridgehead atoms. The lowest BCUT2D eigenvalue weighted by Crippen LogP contribution is -2.64. The molecule has 1 N–H and O–H groups in total. The molecule has 11 nitrogen and oxygen atoms in total. The minimum atomic E-state index is -0.587. The number of fused-ring (bicyclic) bond motifs is 5. The quantitative estimate of drug-likeness (QED) is 0.288. The van der Waals surface area contributed by atoms with Gasteiger partial charge in [0.05, 0.1) is 16.2 Å². The van der Waals surface area contributed by atoms with E-state index in [0.717, 1.165) is 18.7 Å². The van der Waals surface area contributed by atoms with Crippen molar-refractivity contribution in [3.8, 4) is 11.5 Å². The molecular formula is C28H23ClFN9O2. The standard InChI is InChI=1S/C28H23ClFN9O2/c1-2-26(40)38-13-16-3-4-17(38)12-37(16)24-6-5-21-27(36-24)28(33-14-31-21)35-22-10-19(29)23(11-20(22)30)41-18-7-8-39-25(9-18)32-15-34-39/h2,5-11,14-17H,1,3-4,12-13H2,(H,31,33,35)/t16-,17-/m0/s1. The number of ether oxygens (including phenoxy) is 1. The number of nitrogens with one attached hydrogen (secondary N) is 1. The molecule has 8 rings (SSSR count). The van der Waals surface area contributed by atoms with Crippen LogP contribution in [0.2, 0.25) is 5.02 Å². The molecule has 5 aromatic rings. The topological polar surface area (TPSA) is 114 Å². The monoisotopic (exact) mass is 571 g/mol. The number of hydrogen-bond acceptors (Lipinski definition) is 9. The number of piperazine rings is 1. The normalized spacial score (nSPS) is 18.2. The zero-order chi connectivity index (χ0) is 28.1. The Labute approximate surface area is 238 Å². The number of piperidine rings is 2. The van der Waals surface area contributed by atoms with Crippen molar-refractivity contribution in [2.24, 2.45) is 0 Å². The first-order chi connectivity index (χ1) is 20.0. The van der Waals surface area contributed by atoms with Crippen molar-refractivity contribution in [3.05, 3.63) is 78.7 Å². The van der Waals surface area contributed by atoms with Crippen molar-refractivity contribution >= 4 is 51.5 Å². The summed E-state index contributed by atoms with van der Waals surface area (Å²) in [6.07, 6.45) is 7.79. The van der Waals surface area contributed by atoms with Gasteiger partial charge in [0, 0.05) is 43.5 Å². The van der Waals surface area contributed by atoms with Gasteiger partial charge in [-0.25, -0.2) is 28.8 Å². The van der Waals surface area contributed by atoms with Crippen LogP contribution in [0.5, 0.6) is 11.5 Å². The van der Waals surface area contributed by atoms with Crippen LogP contribution in [0, 0.1) is 5.82 Å². The fourth-order valence-corrected chi connectivity index (χ4v) is 5.70. The number of amides is 1. The second kappa shape index (κ2) is 9.97. The minimum absolute atomic E-state index is 0.0424. The Bertz CT molecular complexity index is 1830. The third-order valence-electron chi connectivity index (χ3n) is 7.50. The molecule has 0 saturated carbocycles. The van der Waals surface area contributed by atoms with Gasteiger partial charge < -0.3 is 19.9 Å². The number of carbonyl (C=O) groups excluding carboxylic acids is 1. The highest BCUT2D eigenvalue weighted by atomic mass is 35.5. The van der Waals surface area contributed by atoms with E-state index in [0.29, 0.717) is 41.3 Å². The average molecular weight is 572 g/mol. The third kappa shape index (κ3) is 4.55. The first kappa shape index (κ1) is 25.1. The van der Waals surface area contributed by atoms with Crippen LogP contribution < -0.4 is 15.0 Å². The van der Waals surface area contributed by atoms with Crippen molar-refractivity contribution in [2.75, 3.05) is 23.3 Å². The molecule has 1 amide bonds. The predicted molar refractivity (Wildman–Crippen MR) is 151 cm³/mol. The summed E-state index contributed by atoms with van der Waals surface area (Å²) in [5.41, 5.74) is 1.79. The van der Waals surface area contributed by atoms with Gasteiger partial charge in [0.1, 0.15) is 41.3 Å². The number of nitrogens with zero attached hydrogens (tertiary/aromatic N) is 8. The molecule has 0 radical (unpaired) electrons. The second-order valence-corrected chi connectivity index (χ2v) is 10.3. The highest BCUT2D eigenvalue weighted by Gasteiger charge is 2.41. The van der Waals surface area contributed by atoms with E-state index in [1.165, 1.54) is 30.9 Å². The van der Waals surface area contributed by atoms with Gasteiger partial charge in [0.2, 0.25) is 5.91 Å². The SMILES string of the molecule is C=CC(=O)N1C[C@@H]2CC[C@H]1CN2c1ccc2ncnc(Nc3cc(Cl)c(Oc4ccn5ncnc5c4)cc3F)c2n1. The summed E-state index contributed by atoms with van der Waals surface area (Å²) in [7, 11) is 0. The number of halogens is 2. The first-order valence-electron chi connectivity index (χ1n) is 13.0. The van der Waals surface area contributed by atoms with E-state index in [9.17, 15) is 4.79 Å². The lowest BCUT2D eigenvalue weighted by molar-refractivity contribution is -0.131. The molecule has 0 aliphatic carbocycles. The van der Waals surface area contributed by atoms with E-state index in [2.05, 4.69) is 36.8 Å². The Hall–Kier alpha value is -4.84. The Morgan fingerprint density at radius 2 is 1.98 bits per heavy atom. The molecule has 3 aliphatic rings. The largest absolute Gasteiger partial charge is 0.455 e. The molecule has 13 heteroatoms. The second-order valence-electron chi connectivity index (χ2n) is 9.91. The summed E-state index contributed by atoms with van der Waals surface area (Å²) < 4.78 is 22.7. The van der Waals surface area contributed by atoms with E-state index < -0.39 is 5.82 Å². The number of pyridine rings is 2. The molecule has 3 saturated heterocycles. The van der Waals surface area contributed by atoms with E-state index in [4.69, 9.17) is 21.3 Å². The van der Waals surface area contributed by atoms with Crippen molar-refractivity contribution < 1.29 is 13.9 Å². The molecule has 3 aliphatic heterocycles. The highest BCUT2D eigenvalue weighted by Crippen LogP contribution is 2.37. The molecule has 7 heterocycles. The van der Waals surface area contributed by atoms with Gasteiger partial charge in [-0.15, -0.1) is 0 Å². The molecule has 0 unspecified atom stereocenters. The fourth-order valence-electron chi connectivity index (χ4n) is 5.49. The number of rotatable bonds is 6. The third-order valence-corrected chi connectivity index (χ3v) is 7.80. The molecule has 4 aromatic heterocycles. The lowest BCUT2D eigenvalue weighted by Gasteiger charge is -2.51. The van der Waals surface area contributed by atoms with Gasteiger partial charge in [0.15, 0.2) is 11.5 Å². The van der Waals surface area contributed by atoms with E-state index in [-0.39, 0.29) is 34.5 Å². The van der Waals surface area contributed by atoms with E-state index in [1.54, 1.807) is 22.8 Å². The van der Waals surface area contributed by atoms with Crippen LogP contribution in [-0.4, -0.2) is 65.5 Å². The van der Waals surface area contributed by atoms with Gasteiger partial charge in [-0.05, 0) is 43.2 Å². The van der Waals surface area contributed by atoms with E-state index in [1.807, 2.05) is 17.0 Å². The maximum atomic E-state index is 15.3. The van der Waals surface area contributed by atoms with Crippen molar-refractivity contribution in [1.82, 2.24) is 34.4 Å². The summed E-state index contributed by atoms with van der Waals surface area (Å²) in [6.45, 7) is 4.93. The summed E-state index contributed by atoms with van der Waals surface area (Å²) in [5.74, 6) is 1.05. The minimum Gasteiger partial charge on any atom is -0.455 e. The van der Waals surface area contributed by atoms with E-state index >= 15 is 4.39 Å². The van der Waals surface area contributed by atoms with Gasteiger partial charge in [-0.1, -0.05) is 18.2 Å². The van der Waals surface area contributed by atoms with Crippen LogP contribution in [0.1, 0.15) is 12.8 Å². The van der Waals surface area contributed by atoms with Gasteiger partial charge in [0.25, 0.3) is 0 Å². The lowest BCUT2D eigenvalue weighted by atomic mass is 9.90. The number of carbonyl (C=O) groups is 1. The maximum absolute atomic E-state index is 15.3. The Morgan fingerprint density at radius 3 is 2.80 bits per heavy atom. The van der Waals surface area contributed by atoms with Gasteiger partial charge in [-0.2, -0.15) is 5.10 Å². The van der Waals surface area contributed by atoms with Crippen LogP contribution in [0.3, 0.4) is 0 Å². The molecule has 206 valence electrons. The van der Waals surface area contributed by atoms with Gasteiger partial charge >= 0.3 is 0 Å². The van der Waals surface area contributed by atoms with Gasteiger partial charge in [-0.3, -0.25) is 4.79 Å². The molecule has 1 aromatic carbocycles. The zero-order valence-electron chi connectivity index (χ0n) is 21.6. The number of benzene rings is 1. The Kier molecular flexibility index (Phi) is 6.11. The van der Waals surface area contributed by atoms with Crippen LogP contribution in [-0.2, 0) is 4.79 Å². The van der Waals surface area contributed by atoms with Crippen LogP contribution in [0.25, 0.3) is 16.7 Å². The van der Waals surface area contributed by atoms with Crippen LogP contribution in [0.15, 0.2) is 67.9 Å². The molecule has 3 fully saturated rings. The highest BCUT2D eigenvalue weighted by molar-refractivity contribution is 6.32. The Balaban J connectivity index is 1.15. The average Bonchev–Trinajstić information content (AvgIpc) is 3.47.